The quantitative estimate of drug-likeness (QED) is 0.844. The molecule has 0 saturated heterocycles. The molecule has 0 aliphatic heterocycles. The van der Waals surface area contributed by atoms with Crippen LogP contribution in [0.15, 0.2) is 24.3 Å². The fourth-order valence-corrected chi connectivity index (χ4v) is 2.22. The Hall–Kier alpha value is -1.84. The van der Waals surface area contributed by atoms with Crippen molar-refractivity contribution in [1.82, 2.24) is 5.32 Å². The van der Waals surface area contributed by atoms with Crippen LogP contribution in [0.2, 0.25) is 0 Å². The molecule has 1 N–H and O–H groups in total. The van der Waals surface area contributed by atoms with Crippen LogP contribution < -0.4 is 5.32 Å². The molecule has 1 aromatic rings. The highest BCUT2D eigenvalue weighted by Gasteiger charge is 2.27. The average molecular weight is 261 g/mol. The van der Waals surface area contributed by atoms with Crippen molar-refractivity contribution < 1.29 is 14.3 Å². The molecule has 102 valence electrons. The van der Waals surface area contributed by atoms with Crippen LogP contribution in [0.1, 0.15) is 55.6 Å². The van der Waals surface area contributed by atoms with Crippen LogP contribution in [0.3, 0.4) is 0 Å². The summed E-state index contributed by atoms with van der Waals surface area (Å²) in [6.45, 7) is 5.47. The van der Waals surface area contributed by atoms with E-state index in [4.69, 9.17) is 4.74 Å². The fourth-order valence-electron chi connectivity index (χ4n) is 2.22. The largest absolute Gasteiger partial charge is 0.444 e. The molecule has 0 saturated carbocycles. The molecule has 0 radical (unpaired) electrons. The van der Waals surface area contributed by atoms with E-state index >= 15 is 0 Å². The minimum absolute atomic E-state index is 0.137. The molecular formula is C15H19NO3. The van der Waals surface area contributed by atoms with Crippen molar-refractivity contribution >= 4 is 11.9 Å². The van der Waals surface area contributed by atoms with E-state index in [1.165, 1.54) is 0 Å². The van der Waals surface area contributed by atoms with Gasteiger partial charge in [0.25, 0.3) is 0 Å². The van der Waals surface area contributed by atoms with Crippen molar-refractivity contribution in [2.45, 2.75) is 45.3 Å². The minimum atomic E-state index is -0.520. The Morgan fingerprint density at radius 3 is 2.68 bits per heavy atom. The highest BCUT2D eigenvalue weighted by Crippen LogP contribution is 2.29. The lowest BCUT2D eigenvalue weighted by Crippen LogP contribution is -2.36. The number of amides is 1. The molecule has 1 amide bonds. The second-order valence-corrected chi connectivity index (χ2v) is 5.75. The van der Waals surface area contributed by atoms with Gasteiger partial charge in [0, 0.05) is 12.0 Å². The van der Waals surface area contributed by atoms with Gasteiger partial charge in [-0.25, -0.2) is 4.79 Å². The first kappa shape index (κ1) is 13.6. The van der Waals surface area contributed by atoms with Gasteiger partial charge in [-0.2, -0.15) is 0 Å². The van der Waals surface area contributed by atoms with E-state index in [1.54, 1.807) is 6.07 Å². The van der Waals surface area contributed by atoms with Crippen LogP contribution in [0.5, 0.6) is 0 Å². The van der Waals surface area contributed by atoms with Crippen molar-refractivity contribution in [3.63, 3.8) is 0 Å². The van der Waals surface area contributed by atoms with Gasteiger partial charge in [-0.1, -0.05) is 24.3 Å². The minimum Gasteiger partial charge on any atom is -0.444 e. The monoisotopic (exact) mass is 261 g/mol. The van der Waals surface area contributed by atoms with Gasteiger partial charge in [0.1, 0.15) is 5.60 Å². The van der Waals surface area contributed by atoms with Crippen LogP contribution in [-0.4, -0.2) is 17.5 Å². The Labute approximate surface area is 113 Å². The molecule has 0 spiro atoms. The Balaban J connectivity index is 2.13. The second-order valence-electron chi connectivity index (χ2n) is 5.75. The summed E-state index contributed by atoms with van der Waals surface area (Å²) in [7, 11) is 0. The third kappa shape index (κ3) is 3.34. The van der Waals surface area contributed by atoms with E-state index in [0.29, 0.717) is 18.4 Å². The average Bonchev–Trinajstić information content (AvgIpc) is 2.31. The van der Waals surface area contributed by atoms with E-state index in [1.807, 2.05) is 39.0 Å². The summed E-state index contributed by atoms with van der Waals surface area (Å²) in [4.78, 5) is 23.6. The molecule has 0 unspecified atom stereocenters. The predicted molar refractivity (Wildman–Crippen MR) is 72.1 cm³/mol. The number of Topliss-reactive ketones (excluding diaryl/α,β-unsaturated/α-hetero) is 1. The van der Waals surface area contributed by atoms with Crippen molar-refractivity contribution in [1.29, 1.82) is 0 Å². The number of rotatable bonds is 1. The zero-order chi connectivity index (χ0) is 14.0. The standard InChI is InChI=1S/C15H19NO3/c1-15(2,3)19-14(18)16-12-8-9-13(17)11-7-5-4-6-10(11)12/h4-7,12H,8-9H2,1-3H3,(H,16,18)/t12-/m1/s1. The lowest BCUT2D eigenvalue weighted by atomic mass is 9.87. The fraction of sp³-hybridized carbons (Fsp3) is 0.467. The molecule has 1 aromatic carbocycles. The molecule has 1 atom stereocenters. The molecule has 19 heavy (non-hydrogen) atoms. The summed E-state index contributed by atoms with van der Waals surface area (Å²) in [5, 5.41) is 2.84. The van der Waals surface area contributed by atoms with E-state index < -0.39 is 11.7 Å². The Morgan fingerprint density at radius 2 is 2.00 bits per heavy atom. The first-order valence-corrected chi connectivity index (χ1v) is 6.48. The highest BCUT2D eigenvalue weighted by atomic mass is 16.6. The zero-order valence-corrected chi connectivity index (χ0v) is 11.5. The third-order valence-electron chi connectivity index (χ3n) is 2.99. The van der Waals surface area contributed by atoms with Crippen molar-refractivity contribution in [3.05, 3.63) is 35.4 Å². The topological polar surface area (TPSA) is 55.4 Å². The van der Waals surface area contributed by atoms with Gasteiger partial charge in [-0.05, 0) is 32.8 Å². The van der Waals surface area contributed by atoms with Crippen LogP contribution in [-0.2, 0) is 4.74 Å². The number of ketones is 1. The number of hydrogen-bond acceptors (Lipinski definition) is 3. The molecule has 0 bridgehead atoms. The maximum Gasteiger partial charge on any atom is 0.408 e. The number of carbonyl (C=O) groups excluding carboxylic acids is 2. The number of alkyl carbamates (subject to hydrolysis) is 1. The molecule has 1 aliphatic rings. The van der Waals surface area contributed by atoms with Gasteiger partial charge in [0.2, 0.25) is 0 Å². The SMILES string of the molecule is CC(C)(C)OC(=O)N[C@@H]1CCC(=O)c2ccccc21. The first-order valence-electron chi connectivity index (χ1n) is 6.48. The summed E-state index contributed by atoms with van der Waals surface area (Å²) in [5.41, 5.74) is 1.06. The number of benzene rings is 1. The molecule has 0 aromatic heterocycles. The van der Waals surface area contributed by atoms with Gasteiger partial charge >= 0.3 is 6.09 Å². The molecule has 0 heterocycles. The van der Waals surface area contributed by atoms with Crippen LogP contribution in [0.4, 0.5) is 4.79 Å². The maximum atomic E-state index is 11.8. The number of hydrogen-bond donors (Lipinski definition) is 1. The summed E-state index contributed by atoms with van der Waals surface area (Å²) >= 11 is 0. The van der Waals surface area contributed by atoms with Crippen LogP contribution in [0.25, 0.3) is 0 Å². The number of ether oxygens (including phenoxy) is 1. The van der Waals surface area contributed by atoms with Crippen LogP contribution >= 0.6 is 0 Å². The highest BCUT2D eigenvalue weighted by molar-refractivity contribution is 5.98. The van der Waals surface area contributed by atoms with E-state index in [9.17, 15) is 9.59 Å². The molecular weight excluding hydrogens is 242 g/mol. The Kier molecular flexibility index (Phi) is 3.60. The molecule has 4 nitrogen and oxygen atoms in total. The predicted octanol–water partition coefficient (Wildman–Crippen LogP) is 3.23. The van der Waals surface area contributed by atoms with E-state index in [2.05, 4.69) is 5.32 Å². The zero-order valence-electron chi connectivity index (χ0n) is 11.5. The maximum absolute atomic E-state index is 11.8. The first-order chi connectivity index (χ1) is 8.87. The van der Waals surface area contributed by atoms with Crippen molar-refractivity contribution in [2.24, 2.45) is 0 Å². The van der Waals surface area contributed by atoms with E-state index in [0.717, 1.165) is 5.56 Å². The summed E-state index contributed by atoms with van der Waals surface area (Å²) in [5.74, 6) is 0.137. The second kappa shape index (κ2) is 5.03. The lowest BCUT2D eigenvalue weighted by molar-refractivity contribution is 0.0495. The van der Waals surface area contributed by atoms with Gasteiger partial charge in [0.05, 0.1) is 6.04 Å². The number of carbonyl (C=O) groups is 2. The summed E-state index contributed by atoms with van der Waals surface area (Å²) in [6.07, 6.45) is 0.633. The number of fused-ring (bicyclic) bond motifs is 1. The van der Waals surface area contributed by atoms with Gasteiger partial charge in [-0.3, -0.25) is 4.79 Å². The summed E-state index contributed by atoms with van der Waals surface area (Å²) in [6, 6.07) is 7.26. The van der Waals surface area contributed by atoms with Crippen molar-refractivity contribution in [3.8, 4) is 0 Å². The lowest BCUT2D eigenvalue weighted by Gasteiger charge is -2.27. The van der Waals surface area contributed by atoms with Crippen LogP contribution in [0, 0.1) is 0 Å². The molecule has 1 aliphatic carbocycles. The molecule has 2 rings (SSSR count). The van der Waals surface area contributed by atoms with E-state index in [-0.39, 0.29) is 11.8 Å². The number of nitrogens with one attached hydrogen (secondary N) is 1. The Bertz CT molecular complexity index is 502. The Morgan fingerprint density at radius 1 is 1.32 bits per heavy atom. The smallest absolute Gasteiger partial charge is 0.408 e. The van der Waals surface area contributed by atoms with Gasteiger partial charge in [0.15, 0.2) is 5.78 Å². The third-order valence-corrected chi connectivity index (χ3v) is 2.99. The van der Waals surface area contributed by atoms with Crippen molar-refractivity contribution in [2.75, 3.05) is 0 Å². The molecule has 4 heteroatoms. The normalized spacial score (nSPS) is 18.7. The van der Waals surface area contributed by atoms with Gasteiger partial charge in [-0.15, -0.1) is 0 Å². The summed E-state index contributed by atoms with van der Waals surface area (Å²) < 4.78 is 5.25. The van der Waals surface area contributed by atoms with Gasteiger partial charge < -0.3 is 10.1 Å². The molecule has 0 fully saturated rings.